The molecule has 0 fully saturated rings. The Morgan fingerprint density at radius 2 is 1.92 bits per heavy atom. The number of alkyl halides is 1. The fourth-order valence-electron chi connectivity index (χ4n) is 2.55. The average molecular weight is 357 g/mol. The maximum Gasteiger partial charge on any atom is 0.226 e. The van der Waals surface area contributed by atoms with Gasteiger partial charge in [0.2, 0.25) is 5.95 Å². The lowest BCUT2D eigenvalue weighted by molar-refractivity contribution is 0.235. The molecule has 1 atom stereocenters. The highest BCUT2D eigenvalue weighted by Crippen LogP contribution is 2.23. The van der Waals surface area contributed by atoms with E-state index in [2.05, 4.69) is 25.7 Å². The molecular formula is C18H24FN7. The molecule has 0 aliphatic rings. The van der Waals surface area contributed by atoms with Gasteiger partial charge in [0.1, 0.15) is 11.5 Å². The van der Waals surface area contributed by atoms with Crippen LogP contribution in [0.3, 0.4) is 0 Å². The second kappa shape index (κ2) is 7.25. The molecule has 0 bridgehead atoms. The van der Waals surface area contributed by atoms with E-state index < -0.39 is 5.67 Å². The summed E-state index contributed by atoms with van der Waals surface area (Å²) in [5.74, 6) is 0.969. The zero-order valence-corrected chi connectivity index (χ0v) is 15.2. The fourth-order valence-corrected chi connectivity index (χ4v) is 2.55. The van der Waals surface area contributed by atoms with Gasteiger partial charge in [0.25, 0.3) is 0 Å². The Kier molecular flexibility index (Phi) is 5.03. The van der Waals surface area contributed by atoms with Crippen molar-refractivity contribution in [2.75, 3.05) is 23.7 Å². The van der Waals surface area contributed by atoms with E-state index in [4.69, 9.17) is 5.73 Å². The Morgan fingerprint density at radius 1 is 1.19 bits per heavy atom. The Hall–Kier alpha value is -2.74. The highest BCUT2D eigenvalue weighted by molar-refractivity contribution is 5.87. The minimum absolute atomic E-state index is 0.136. The minimum Gasteiger partial charge on any atom is -0.366 e. The number of benzene rings is 1. The summed E-state index contributed by atoms with van der Waals surface area (Å²) in [6, 6.07) is 9.63. The van der Waals surface area contributed by atoms with E-state index in [1.807, 2.05) is 30.3 Å². The van der Waals surface area contributed by atoms with Crippen molar-refractivity contribution in [1.82, 2.24) is 19.7 Å². The molecule has 0 unspecified atom stereocenters. The summed E-state index contributed by atoms with van der Waals surface area (Å²) < 4.78 is 15.5. The number of hydrogen-bond acceptors (Lipinski definition) is 6. The number of nitrogens with one attached hydrogen (secondary N) is 2. The first-order valence-corrected chi connectivity index (χ1v) is 8.50. The van der Waals surface area contributed by atoms with Crippen LogP contribution >= 0.6 is 0 Å². The van der Waals surface area contributed by atoms with Crippen molar-refractivity contribution in [3.63, 3.8) is 0 Å². The number of anilines is 2. The Bertz CT molecular complexity index is 870. The summed E-state index contributed by atoms with van der Waals surface area (Å²) in [5.41, 5.74) is 6.55. The molecule has 4 N–H and O–H groups in total. The molecule has 26 heavy (non-hydrogen) atoms. The van der Waals surface area contributed by atoms with Crippen LogP contribution in [0, 0.1) is 0 Å². The number of aryl methyl sites for hydroxylation is 1. The molecule has 0 spiro atoms. The highest BCUT2D eigenvalue weighted by Gasteiger charge is 2.18. The molecule has 3 rings (SSSR count). The topological polar surface area (TPSA) is 93.7 Å². The van der Waals surface area contributed by atoms with Gasteiger partial charge >= 0.3 is 0 Å². The molecule has 2 aromatic heterocycles. The van der Waals surface area contributed by atoms with Crippen LogP contribution in [-0.4, -0.2) is 38.5 Å². The maximum absolute atomic E-state index is 13.9. The third kappa shape index (κ3) is 4.26. The summed E-state index contributed by atoms with van der Waals surface area (Å²) in [7, 11) is 1.80. The molecule has 0 amide bonds. The van der Waals surface area contributed by atoms with E-state index >= 15 is 0 Å². The van der Waals surface area contributed by atoms with Gasteiger partial charge in [0.15, 0.2) is 5.65 Å². The zero-order valence-electron chi connectivity index (χ0n) is 15.2. The van der Waals surface area contributed by atoms with Gasteiger partial charge in [-0.1, -0.05) is 30.3 Å². The van der Waals surface area contributed by atoms with Gasteiger partial charge in [-0.25, -0.2) is 4.39 Å². The first kappa shape index (κ1) is 18.1. The van der Waals surface area contributed by atoms with Gasteiger partial charge in [0, 0.05) is 26.2 Å². The molecule has 138 valence electrons. The fraction of sp³-hybridized carbons (Fsp3) is 0.389. The van der Waals surface area contributed by atoms with Gasteiger partial charge in [-0.15, -0.1) is 0 Å². The quantitative estimate of drug-likeness (QED) is 0.602. The second-order valence-corrected chi connectivity index (χ2v) is 6.87. The first-order valence-electron chi connectivity index (χ1n) is 8.50. The number of rotatable bonds is 7. The summed E-state index contributed by atoms with van der Waals surface area (Å²) in [6.07, 6.45) is 1.67. The van der Waals surface area contributed by atoms with Crippen LogP contribution in [0.2, 0.25) is 0 Å². The molecule has 0 saturated heterocycles. The van der Waals surface area contributed by atoms with Crippen molar-refractivity contribution in [2.45, 2.75) is 25.6 Å². The van der Waals surface area contributed by atoms with E-state index in [-0.39, 0.29) is 12.6 Å². The van der Waals surface area contributed by atoms with Crippen LogP contribution in [0.4, 0.5) is 16.2 Å². The van der Waals surface area contributed by atoms with Crippen LogP contribution in [0.5, 0.6) is 0 Å². The van der Waals surface area contributed by atoms with Crippen molar-refractivity contribution in [3.8, 4) is 0 Å². The predicted octanol–water partition coefficient (Wildman–Crippen LogP) is 2.64. The Labute approximate surface area is 151 Å². The molecule has 2 heterocycles. The van der Waals surface area contributed by atoms with Gasteiger partial charge in [-0.2, -0.15) is 15.1 Å². The molecule has 3 aromatic rings. The third-order valence-corrected chi connectivity index (χ3v) is 3.98. The summed E-state index contributed by atoms with van der Waals surface area (Å²) in [5, 5.41) is 11.2. The van der Waals surface area contributed by atoms with Crippen molar-refractivity contribution >= 4 is 22.8 Å². The molecule has 0 aliphatic carbocycles. The summed E-state index contributed by atoms with van der Waals surface area (Å²) in [6.45, 7) is 3.64. The lowest BCUT2D eigenvalue weighted by Crippen LogP contribution is -2.25. The normalized spacial score (nSPS) is 13.0. The molecular weight excluding hydrogens is 333 g/mol. The van der Waals surface area contributed by atoms with E-state index in [1.165, 1.54) is 13.8 Å². The molecule has 0 radical (unpaired) electrons. The van der Waals surface area contributed by atoms with Crippen LogP contribution in [0.15, 0.2) is 36.5 Å². The zero-order chi connectivity index (χ0) is 18.7. The number of hydrogen-bond donors (Lipinski definition) is 3. The Morgan fingerprint density at radius 3 is 2.62 bits per heavy atom. The van der Waals surface area contributed by atoms with Gasteiger partial charge in [-0.05, 0) is 19.4 Å². The first-order chi connectivity index (χ1) is 12.3. The number of fused-ring (bicyclic) bond motifs is 1. The van der Waals surface area contributed by atoms with Gasteiger partial charge < -0.3 is 16.4 Å². The largest absolute Gasteiger partial charge is 0.366 e. The van der Waals surface area contributed by atoms with Crippen molar-refractivity contribution in [2.24, 2.45) is 12.8 Å². The summed E-state index contributed by atoms with van der Waals surface area (Å²) in [4.78, 5) is 8.97. The minimum atomic E-state index is -1.36. The predicted molar refractivity (Wildman–Crippen MR) is 102 cm³/mol. The monoisotopic (exact) mass is 357 g/mol. The number of nitrogens with zero attached hydrogens (tertiary/aromatic N) is 4. The van der Waals surface area contributed by atoms with E-state index in [9.17, 15) is 4.39 Å². The van der Waals surface area contributed by atoms with Crippen LogP contribution < -0.4 is 16.4 Å². The van der Waals surface area contributed by atoms with E-state index in [1.54, 1.807) is 17.9 Å². The number of halogens is 1. The number of aromatic nitrogens is 4. The van der Waals surface area contributed by atoms with E-state index in [0.717, 1.165) is 10.9 Å². The van der Waals surface area contributed by atoms with Gasteiger partial charge in [0.05, 0.1) is 11.6 Å². The molecule has 0 aliphatic heterocycles. The Balaban J connectivity index is 1.80. The lowest BCUT2D eigenvalue weighted by atomic mass is 10.1. The standard InChI is InChI=1S/C18H24FN7/c1-18(2,19)11-22-15-13-9-23-26(3)16(13)25-17(24-15)21-10-14(20)12-7-5-4-6-8-12/h4-9,14H,10-11,20H2,1-3H3,(H2,21,22,24,25)/t14-/m0/s1. The summed E-state index contributed by atoms with van der Waals surface area (Å²) >= 11 is 0. The van der Waals surface area contributed by atoms with Crippen molar-refractivity contribution in [1.29, 1.82) is 0 Å². The second-order valence-electron chi connectivity index (χ2n) is 6.87. The van der Waals surface area contributed by atoms with Crippen LogP contribution in [0.25, 0.3) is 11.0 Å². The van der Waals surface area contributed by atoms with Crippen LogP contribution in [-0.2, 0) is 7.05 Å². The van der Waals surface area contributed by atoms with Crippen LogP contribution in [0.1, 0.15) is 25.5 Å². The van der Waals surface area contributed by atoms with E-state index in [0.29, 0.717) is 24.0 Å². The van der Waals surface area contributed by atoms with Crippen molar-refractivity contribution < 1.29 is 4.39 Å². The molecule has 0 saturated carbocycles. The lowest BCUT2D eigenvalue weighted by Gasteiger charge is -2.17. The third-order valence-electron chi connectivity index (χ3n) is 3.98. The molecule has 8 heteroatoms. The number of nitrogens with two attached hydrogens (primary N) is 1. The highest BCUT2D eigenvalue weighted by atomic mass is 19.1. The smallest absolute Gasteiger partial charge is 0.226 e. The van der Waals surface area contributed by atoms with Gasteiger partial charge in [-0.3, -0.25) is 4.68 Å². The molecule has 1 aromatic carbocycles. The van der Waals surface area contributed by atoms with Crippen molar-refractivity contribution in [3.05, 3.63) is 42.1 Å². The molecule has 7 nitrogen and oxygen atoms in total. The maximum atomic E-state index is 13.9. The average Bonchev–Trinajstić information content (AvgIpc) is 2.99. The SMILES string of the molecule is Cn1ncc2c(NCC(C)(C)F)nc(NC[C@H](N)c3ccccc3)nc21.